The third-order valence-electron chi connectivity index (χ3n) is 2.77. The number of H-pyrrole nitrogens is 1. The molecular formula is C12H19N3O3. The molecule has 18 heavy (non-hydrogen) atoms. The summed E-state index contributed by atoms with van der Waals surface area (Å²) in [6, 6.07) is -0.204. The molecule has 100 valence electrons. The first-order valence-electron chi connectivity index (χ1n) is 5.87. The third kappa shape index (κ3) is 3.40. The molecule has 1 amide bonds. The van der Waals surface area contributed by atoms with E-state index < -0.39 is 17.6 Å². The topological polar surface area (TPSA) is 95.1 Å². The minimum Gasteiger partial charge on any atom is -0.393 e. The molecule has 2 unspecified atom stereocenters. The molecule has 1 aromatic rings. The summed E-state index contributed by atoms with van der Waals surface area (Å²) < 4.78 is 0. The van der Waals surface area contributed by atoms with Gasteiger partial charge < -0.3 is 10.4 Å². The van der Waals surface area contributed by atoms with Gasteiger partial charge >= 0.3 is 0 Å². The molecule has 1 rings (SSSR count). The van der Waals surface area contributed by atoms with Crippen LogP contribution in [-0.2, 0) is 0 Å². The highest BCUT2D eigenvalue weighted by Gasteiger charge is 2.18. The van der Waals surface area contributed by atoms with Gasteiger partial charge in [0.15, 0.2) is 0 Å². The van der Waals surface area contributed by atoms with Gasteiger partial charge in [-0.3, -0.25) is 9.59 Å². The quantitative estimate of drug-likeness (QED) is 0.718. The van der Waals surface area contributed by atoms with Gasteiger partial charge in [0.25, 0.3) is 11.5 Å². The first-order chi connectivity index (χ1) is 8.32. The van der Waals surface area contributed by atoms with Crippen LogP contribution in [-0.4, -0.2) is 33.4 Å². The second-order valence-electron chi connectivity index (χ2n) is 4.60. The highest BCUT2D eigenvalue weighted by Crippen LogP contribution is 2.06. The van der Waals surface area contributed by atoms with E-state index in [1.54, 1.807) is 27.7 Å². The number of aliphatic hydroxyl groups excluding tert-OH is 1. The number of carbonyl (C=O) groups is 1. The van der Waals surface area contributed by atoms with Crippen molar-refractivity contribution < 1.29 is 9.90 Å². The zero-order valence-corrected chi connectivity index (χ0v) is 11.1. The minimum atomic E-state index is -0.501. The molecule has 0 aromatic carbocycles. The maximum absolute atomic E-state index is 12.0. The number of amides is 1. The van der Waals surface area contributed by atoms with E-state index in [9.17, 15) is 14.7 Å². The van der Waals surface area contributed by atoms with Gasteiger partial charge in [-0.2, -0.15) is 5.10 Å². The van der Waals surface area contributed by atoms with Crippen molar-refractivity contribution in [3.05, 3.63) is 27.2 Å². The molecule has 0 saturated heterocycles. The Balaban J connectivity index is 2.92. The van der Waals surface area contributed by atoms with Crippen LogP contribution in [0.5, 0.6) is 0 Å². The maximum atomic E-state index is 12.0. The van der Waals surface area contributed by atoms with E-state index in [1.807, 2.05) is 0 Å². The first-order valence-corrected chi connectivity index (χ1v) is 5.87. The van der Waals surface area contributed by atoms with Crippen LogP contribution in [0.25, 0.3) is 0 Å². The van der Waals surface area contributed by atoms with Crippen molar-refractivity contribution in [1.82, 2.24) is 15.5 Å². The van der Waals surface area contributed by atoms with E-state index in [1.165, 1.54) is 0 Å². The molecule has 1 heterocycles. The van der Waals surface area contributed by atoms with E-state index in [0.717, 1.165) is 0 Å². The molecule has 2 atom stereocenters. The fourth-order valence-corrected chi connectivity index (χ4v) is 1.77. The standard InChI is InChI=1S/C12H19N3O3/c1-6(5-7(2)16)13-11(17)10-8(3)9(4)14-15-12(10)18/h6-7,16H,5H2,1-4H3,(H,13,17)(H,15,18). The van der Waals surface area contributed by atoms with E-state index in [4.69, 9.17) is 0 Å². The Hall–Kier alpha value is -1.69. The lowest BCUT2D eigenvalue weighted by molar-refractivity contribution is 0.0920. The van der Waals surface area contributed by atoms with Gasteiger partial charge in [0.2, 0.25) is 0 Å². The van der Waals surface area contributed by atoms with Gasteiger partial charge in [0.1, 0.15) is 5.56 Å². The smallest absolute Gasteiger partial charge is 0.277 e. The molecule has 0 aliphatic heterocycles. The lowest BCUT2D eigenvalue weighted by Crippen LogP contribution is -2.38. The first kappa shape index (κ1) is 14.4. The number of hydrogen-bond acceptors (Lipinski definition) is 4. The van der Waals surface area contributed by atoms with Gasteiger partial charge in [-0.1, -0.05) is 0 Å². The molecular weight excluding hydrogens is 234 g/mol. The highest BCUT2D eigenvalue weighted by molar-refractivity contribution is 5.95. The summed E-state index contributed by atoms with van der Waals surface area (Å²) >= 11 is 0. The number of nitrogens with one attached hydrogen (secondary N) is 2. The van der Waals surface area contributed by atoms with E-state index >= 15 is 0 Å². The van der Waals surface area contributed by atoms with Crippen molar-refractivity contribution in [2.45, 2.75) is 46.3 Å². The number of aryl methyl sites for hydroxylation is 1. The lowest BCUT2D eigenvalue weighted by Gasteiger charge is -2.16. The molecule has 0 radical (unpaired) electrons. The Morgan fingerprint density at radius 1 is 1.44 bits per heavy atom. The molecule has 0 spiro atoms. The summed E-state index contributed by atoms with van der Waals surface area (Å²) in [5, 5.41) is 18.0. The Morgan fingerprint density at radius 3 is 2.61 bits per heavy atom. The Kier molecular flexibility index (Phi) is 4.61. The van der Waals surface area contributed by atoms with Crippen molar-refractivity contribution in [3.63, 3.8) is 0 Å². The van der Waals surface area contributed by atoms with Crippen molar-refractivity contribution in [1.29, 1.82) is 0 Å². The number of carbonyl (C=O) groups excluding carboxylic acids is 1. The van der Waals surface area contributed by atoms with Gasteiger partial charge in [0.05, 0.1) is 11.8 Å². The largest absolute Gasteiger partial charge is 0.393 e. The van der Waals surface area contributed by atoms with Crippen LogP contribution in [0.1, 0.15) is 41.9 Å². The zero-order valence-electron chi connectivity index (χ0n) is 11.1. The monoisotopic (exact) mass is 253 g/mol. The van der Waals surface area contributed by atoms with Crippen molar-refractivity contribution in [2.75, 3.05) is 0 Å². The summed E-state index contributed by atoms with van der Waals surface area (Å²) in [5.41, 5.74) is 0.767. The fourth-order valence-electron chi connectivity index (χ4n) is 1.77. The fraction of sp³-hybridized carbons (Fsp3) is 0.583. The molecule has 0 saturated carbocycles. The number of hydrogen-bond donors (Lipinski definition) is 3. The lowest BCUT2D eigenvalue weighted by atomic mass is 10.1. The molecule has 0 bridgehead atoms. The average Bonchev–Trinajstić information content (AvgIpc) is 2.22. The predicted octanol–water partition coefficient (Wildman–Crippen LogP) is 0.276. The second-order valence-corrected chi connectivity index (χ2v) is 4.60. The summed E-state index contributed by atoms with van der Waals surface area (Å²) in [5.74, 6) is -0.438. The van der Waals surface area contributed by atoms with Crippen LogP contribution in [0.2, 0.25) is 0 Å². The molecule has 3 N–H and O–H groups in total. The molecule has 6 heteroatoms. The molecule has 0 fully saturated rings. The average molecular weight is 253 g/mol. The second kappa shape index (κ2) is 5.77. The maximum Gasteiger partial charge on any atom is 0.277 e. The van der Waals surface area contributed by atoms with Gasteiger partial charge in [-0.05, 0) is 39.7 Å². The van der Waals surface area contributed by atoms with Gasteiger partial charge in [0, 0.05) is 6.04 Å². The Labute approximate surface area is 105 Å². The third-order valence-corrected chi connectivity index (χ3v) is 2.77. The molecule has 0 aliphatic carbocycles. The van der Waals surface area contributed by atoms with Crippen molar-refractivity contribution in [3.8, 4) is 0 Å². The SMILES string of the molecule is Cc1n[nH]c(=O)c(C(=O)NC(C)CC(C)O)c1C. The van der Waals surface area contributed by atoms with Crippen LogP contribution in [0.4, 0.5) is 0 Å². The van der Waals surface area contributed by atoms with Crippen LogP contribution >= 0.6 is 0 Å². The zero-order chi connectivity index (χ0) is 13.9. The number of nitrogens with zero attached hydrogens (tertiary/aromatic N) is 1. The molecule has 0 aliphatic rings. The van der Waals surface area contributed by atoms with E-state index in [0.29, 0.717) is 17.7 Å². The van der Waals surface area contributed by atoms with E-state index in [2.05, 4.69) is 15.5 Å². The van der Waals surface area contributed by atoms with Crippen LogP contribution in [0.15, 0.2) is 4.79 Å². The number of aliphatic hydroxyl groups is 1. The molecule has 6 nitrogen and oxygen atoms in total. The van der Waals surface area contributed by atoms with Crippen molar-refractivity contribution >= 4 is 5.91 Å². The normalized spacial score (nSPS) is 14.1. The summed E-state index contributed by atoms with van der Waals surface area (Å²) in [6.07, 6.45) is -0.0638. The van der Waals surface area contributed by atoms with Crippen molar-refractivity contribution in [2.24, 2.45) is 0 Å². The Morgan fingerprint density at radius 2 is 2.06 bits per heavy atom. The number of rotatable bonds is 4. The summed E-state index contributed by atoms with van der Waals surface area (Å²) in [4.78, 5) is 23.6. The van der Waals surface area contributed by atoms with Crippen LogP contribution < -0.4 is 10.9 Å². The predicted molar refractivity (Wildman–Crippen MR) is 67.6 cm³/mol. The number of aromatic nitrogens is 2. The summed E-state index contributed by atoms with van der Waals surface area (Å²) in [7, 11) is 0. The van der Waals surface area contributed by atoms with Gasteiger partial charge in [-0.15, -0.1) is 0 Å². The number of aromatic amines is 1. The van der Waals surface area contributed by atoms with Gasteiger partial charge in [-0.25, -0.2) is 5.10 Å². The summed E-state index contributed by atoms with van der Waals surface area (Å²) in [6.45, 7) is 6.84. The highest BCUT2D eigenvalue weighted by atomic mass is 16.3. The Bertz CT molecular complexity index is 494. The van der Waals surface area contributed by atoms with E-state index in [-0.39, 0.29) is 11.6 Å². The minimum absolute atomic E-state index is 0.0833. The van der Waals surface area contributed by atoms with Crippen LogP contribution in [0.3, 0.4) is 0 Å². The van der Waals surface area contributed by atoms with Crippen LogP contribution in [0, 0.1) is 13.8 Å². The molecule has 1 aromatic heterocycles.